The van der Waals surface area contributed by atoms with Crippen molar-refractivity contribution < 1.29 is 5.11 Å². The summed E-state index contributed by atoms with van der Waals surface area (Å²) in [5.74, 6) is 5.72. The van der Waals surface area contributed by atoms with Crippen LogP contribution in [-0.2, 0) is 0 Å². The van der Waals surface area contributed by atoms with E-state index in [1.54, 1.807) is 13.0 Å². The molecule has 1 atom stereocenters. The largest absolute Gasteiger partial charge is 0.378 e. The van der Waals surface area contributed by atoms with E-state index in [0.717, 1.165) is 5.56 Å². The third-order valence-electron chi connectivity index (χ3n) is 1.87. The first kappa shape index (κ1) is 9.83. The molecule has 1 aromatic carbocycles. The molecule has 1 radical (unpaired) electrons. The van der Waals surface area contributed by atoms with Gasteiger partial charge in [-0.1, -0.05) is 30.9 Å². The zero-order valence-electron chi connectivity index (χ0n) is 7.96. The summed E-state index contributed by atoms with van der Waals surface area (Å²) in [6, 6.07) is 10.3. The van der Waals surface area contributed by atoms with Crippen molar-refractivity contribution in [3.05, 3.63) is 35.9 Å². The average molecular weight is 173 g/mol. The maximum Gasteiger partial charge on any atom is 0.122 e. The summed E-state index contributed by atoms with van der Waals surface area (Å²) in [5, 5.41) is 9.60. The minimum atomic E-state index is -0.879. The van der Waals surface area contributed by atoms with Gasteiger partial charge in [0.1, 0.15) is 5.60 Å². The monoisotopic (exact) mass is 173 g/mol. The Balaban J connectivity index is 2.79. The summed E-state index contributed by atoms with van der Waals surface area (Å²) < 4.78 is 0. The van der Waals surface area contributed by atoms with Gasteiger partial charge in [-0.2, -0.15) is 0 Å². The number of hydrogen-bond acceptors (Lipinski definition) is 1. The van der Waals surface area contributed by atoms with Crippen LogP contribution in [0.2, 0.25) is 0 Å². The van der Waals surface area contributed by atoms with Gasteiger partial charge in [-0.3, -0.25) is 0 Å². The maximum atomic E-state index is 9.60. The number of benzene rings is 1. The molecule has 0 saturated carbocycles. The smallest absolute Gasteiger partial charge is 0.122 e. The molecule has 0 amide bonds. The van der Waals surface area contributed by atoms with E-state index in [0.29, 0.717) is 6.42 Å². The maximum absolute atomic E-state index is 9.60. The normalized spacial score (nSPS) is 14.1. The Hall–Kier alpha value is -1.26. The van der Waals surface area contributed by atoms with E-state index in [2.05, 4.69) is 17.9 Å². The highest BCUT2D eigenvalue weighted by atomic mass is 16.3. The van der Waals surface area contributed by atoms with Crippen molar-refractivity contribution in [3.63, 3.8) is 0 Å². The molecule has 0 fully saturated rings. The lowest BCUT2D eigenvalue weighted by atomic mass is 10.0. The molecule has 0 spiro atoms. The molecule has 1 unspecified atom stereocenters. The van der Waals surface area contributed by atoms with Gasteiger partial charge in [-0.05, 0) is 31.5 Å². The fourth-order valence-electron chi connectivity index (χ4n) is 0.766. The molecule has 1 N–H and O–H groups in total. The van der Waals surface area contributed by atoms with Crippen LogP contribution in [-0.4, -0.2) is 10.7 Å². The minimum absolute atomic E-state index is 0.635. The lowest BCUT2D eigenvalue weighted by molar-refractivity contribution is 0.118. The van der Waals surface area contributed by atoms with Gasteiger partial charge in [-0.25, -0.2) is 0 Å². The number of hydrogen-bond donors (Lipinski definition) is 1. The Morgan fingerprint density at radius 3 is 2.92 bits per heavy atom. The first-order valence-electron chi connectivity index (χ1n) is 4.36. The lowest BCUT2D eigenvalue weighted by Gasteiger charge is -2.11. The van der Waals surface area contributed by atoms with Crippen molar-refractivity contribution in [3.8, 4) is 11.8 Å². The van der Waals surface area contributed by atoms with Gasteiger partial charge in [0.15, 0.2) is 0 Å². The molecule has 1 aromatic rings. The quantitative estimate of drug-likeness (QED) is 0.644. The van der Waals surface area contributed by atoms with Crippen molar-refractivity contribution in [2.75, 3.05) is 0 Å². The topological polar surface area (TPSA) is 20.2 Å². The second-order valence-electron chi connectivity index (χ2n) is 3.17. The second-order valence-corrected chi connectivity index (χ2v) is 3.17. The van der Waals surface area contributed by atoms with Gasteiger partial charge >= 0.3 is 0 Å². The van der Waals surface area contributed by atoms with Crippen LogP contribution >= 0.6 is 0 Å². The highest BCUT2D eigenvalue weighted by molar-refractivity contribution is 5.35. The summed E-state index contributed by atoms with van der Waals surface area (Å²) in [4.78, 5) is 0. The zero-order chi connectivity index (χ0) is 9.73. The van der Waals surface area contributed by atoms with Crippen molar-refractivity contribution in [2.45, 2.75) is 25.9 Å². The van der Waals surface area contributed by atoms with Gasteiger partial charge in [0.25, 0.3) is 0 Å². The van der Waals surface area contributed by atoms with E-state index < -0.39 is 5.60 Å². The fraction of sp³-hybridized carbons (Fsp3) is 0.333. The van der Waals surface area contributed by atoms with Gasteiger partial charge in [0, 0.05) is 5.56 Å². The molecule has 1 rings (SSSR count). The SMILES string of the molecule is CCC(C)(O)C#Cc1c[c]ccc1. The van der Waals surface area contributed by atoms with Crippen LogP contribution in [0.25, 0.3) is 0 Å². The first-order chi connectivity index (χ1) is 6.14. The predicted octanol–water partition coefficient (Wildman–Crippen LogP) is 2.00. The minimum Gasteiger partial charge on any atom is -0.378 e. The fourth-order valence-corrected chi connectivity index (χ4v) is 0.766. The summed E-state index contributed by atoms with van der Waals surface area (Å²) in [7, 11) is 0. The molecule has 1 nitrogen and oxygen atoms in total. The molecule has 0 aromatic heterocycles. The summed E-state index contributed by atoms with van der Waals surface area (Å²) in [6.07, 6.45) is 0.635. The van der Waals surface area contributed by atoms with E-state index in [4.69, 9.17) is 0 Å². The molecule has 0 aliphatic heterocycles. The Kier molecular flexibility index (Phi) is 3.11. The average Bonchev–Trinajstić information content (AvgIpc) is 2.17. The third kappa shape index (κ3) is 3.31. The third-order valence-corrected chi connectivity index (χ3v) is 1.87. The molecule has 0 aliphatic rings. The molecule has 0 bridgehead atoms. The van der Waals surface area contributed by atoms with Gasteiger partial charge < -0.3 is 5.11 Å². The highest BCUT2D eigenvalue weighted by Gasteiger charge is 2.11. The van der Waals surface area contributed by atoms with E-state index in [1.165, 1.54) is 0 Å². The number of aliphatic hydroxyl groups is 1. The summed E-state index contributed by atoms with van der Waals surface area (Å²) in [6.45, 7) is 3.62. The molecule has 13 heavy (non-hydrogen) atoms. The summed E-state index contributed by atoms with van der Waals surface area (Å²) in [5.41, 5.74) is 0.00627. The van der Waals surface area contributed by atoms with Crippen LogP contribution in [0.15, 0.2) is 24.3 Å². The van der Waals surface area contributed by atoms with Crippen molar-refractivity contribution in [2.24, 2.45) is 0 Å². The van der Waals surface area contributed by atoms with Gasteiger partial charge in [0.05, 0.1) is 0 Å². The van der Waals surface area contributed by atoms with Crippen LogP contribution in [0.1, 0.15) is 25.8 Å². The Bertz CT molecular complexity index is 314. The summed E-state index contributed by atoms with van der Waals surface area (Å²) >= 11 is 0. The number of rotatable bonds is 1. The second kappa shape index (κ2) is 4.11. The molecular formula is C12H13O. The Morgan fingerprint density at radius 2 is 2.38 bits per heavy atom. The molecule has 67 valence electrons. The van der Waals surface area contributed by atoms with Crippen molar-refractivity contribution in [1.29, 1.82) is 0 Å². The van der Waals surface area contributed by atoms with Crippen LogP contribution in [0, 0.1) is 17.9 Å². The zero-order valence-corrected chi connectivity index (χ0v) is 7.96. The molecule has 1 heteroatoms. The van der Waals surface area contributed by atoms with Crippen LogP contribution in [0.5, 0.6) is 0 Å². The highest BCUT2D eigenvalue weighted by Crippen LogP contribution is 2.06. The Morgan fingerprint density at radius 1 is 1.62 bits per heavy atom. The van der Waals surface area contributed by atoms with Gasteiger partial charge in [-0.15, -0.1) is 0 Å². The van der Waals surface area contributed by atoms with Crippen LogP contribution in [0.3, 0.4) is 0 Å². The van der Waals surface area contributed by atoms with E-state index >= 15 is 0 Å². The molecular weight excluding hydrogens is 160 g/mol. The van der Waals surface area contributed by atoms with E-state index in [9.17, 15) is 5.11 Å². The molecule has 0 heterocycles. The predicted molar refractivity (Wildman–Crippen MR) is 53.1 cm³/mol. The van der Waals surface area contributed by atoms with Crippen molar-refractivity contribution in [1.82, 2.24) is 0 Å². The first-order valence-corrected chi connectivity index (χ1v) is 4.36. The van der Waals surface area contributed by atoms with E-state index in [-0.39, 0.29) is 0 Å². The lowest BCUT2D eigenvalue weighted by Crippen LogP contribution is -2.19. The molecule has 0 aliphatic carbocycles. The van der Waals surface area contributed by atoms with Crippen LogP contribution < -0.4 is 0 Å². The van der Waals surface area contributed by atoms with E-state index in [1.807, 2.05) is 25.1 Å². The van der Waals surface area contributed by atoms with Gasteiger partial charge in [0.2, 0.25) is 0 Å². The Labute approximate surface area is 79.4 Å². The standard InChI is InChI=1S/C12H13O/c1-3-12(2,13)10-9-11-7-5-4-6-8-11/h4-5,7-8,13H,3H2,1-2H3. The van der Waals surface area contributed by atoms with Crippen molar-refractivity contribution >= 4 is 0 Å². The molecule has 0 saturated heterocycles. The van der Waals surface area contributed by atoms with Crippen LogP contribution in [0.4, 0.5) is 0 Å².